The number of Topliss-reactive ketones (excluding diaryl/α,β-unsaturated/α-hetero) is 1. The van der Waals surface area contributed by atoms with E-state index >= 15 is 0 Å². The first-order chi connectivity index (χ1) is 17.8. The van der Waals surface area contributed by atoms with Gasteiger partial charge in [-0.2, -0.15) is 0 Å². The zero-order chi connectivity index (χ0) is 26.7. The molecule has 0 amide bonds. The molecule has 1 aliphatic heterocycles. The zero-order valence-electron chi connectivity index (χ0n) is 20.8. The summed E-state index contributed by atoms with van der Waals surface area (Å²) in [7, 11) is 3.80. The SMILES string of the molecule is COC(=O)C1(C(=O)OC)C(C(=O)c2ccc(Cl)cc2)C(c2ccc(C)cc2)ON1c1ccc(OC)cc1. The third kappa shape index (κ3) is 4.54. The molecule has 192 valence electrons. The number of aryl methyl sites for hydroxylation is 1. The van der Waals surface area contributed by atoms with Crippen LogP contribution in [0.4, 0.5) is 5.69 Å². The van der Waals surface area contributed by atoms with E-state index in [1.165, 1.54) is 19.2 Å². The van der Waals surface area contributed by atoms with E-state index in [1.807, 2.05) is 19.1 Å². The molecule has 2 atom stereocenters. The lowest BCUT2D eigenvalue weighted by Crippen LogP contribution is -2.63. The molecular weight excluding hydrogens is 498 g/mol. The smallest absolute Gasteiger partial charge is 0.346 e. The number of methoxy groups -OCH3 is 3. The number of nitrogens with zero attached hydrogens (tertiary/aromatic N) is 1. The molecule has 37 heavy (non-hydrogen) atoms. The third-order valence-electron chi connectivity index (χ3n) is 6.41. The van der Waals surface area contributed by atoms with Gasteiger partial charge in [-0.25, -0.2) is 14.7 Å². The minimum atomic E-state index is -2.30. The molecule has 9 heteroatoms. The van der Waals surface area contributed by atoms with Crippen molar-refractivity contribution in [1.82, 2.24) is 0 Å². The Balaban J connectivity index is 2.00. The van der Waals surface area contributed by atoms with Gasteiger partial charge in [-0.05, 0) is 61.0 Å². The molecule has 1 heterocycles. The molecule has 0 saturated carbocycles. The molecule has 0 spiro atoms. The summed E-state index contributed by atoms with van der Waals surface area (Å²) in [5, 5.41) is 1.55. The van der Waals surface area contributed by atoms with Crippen LogP contribution in [-0.2, 0) is 23.9 Å². The maximum absolute atomic E-state index is 14.2. The Morgan fingerprint density at radius 1 is 0.838 bits per heavy atom. The Morgan fingerprint density at radius 3 is 1.92 bits per heavy atom. The molecule has 0 aliphatic carbocycles. The first kappa shape index (κ1) is 26.2. The van der Waals surface area contributed by atoms with Crippen LogP contribution >= 0.6 is 11.6 Å². The van der Waals surface area contributed by atoms with Crippen molar-refractivity contribution in [1.29, 1.82) is 0 Å². The third-order valence-corrected chi connectivity index (χ3v) is 6.66. The Bertz CT molecular complexity index is 1270. The van der Waals surface area contributed by atoms with Gasteiger partial charge in [0.25, 0.3) is 5.54 Å². The quantitative estimate of drug-likeness (QED) is 0.249. The van der Waals surface area contributed by atoms with Crippen molar-refractivity contribution in [3.05, 3.63) is 94.5 Å². The number of anilines is 1. The molecule has 0 aromatic heterocycles. The fraction of sp³-hybridized carbons (Fsp3) is 0.250. The summed E-state index contributed by atoms with van der Waals surface area (Å²) in [6.45, 7) is 1.92. The lowest BCUT2D eigenvalue weighted by molar-refractivity contribution is -0.163. The van der Waals surface area contributed by atoms with Crippen molar-refractivity contribution in [3.8, 4) is 5.75 Å². The second kappa shape index (κ2) is 10.6. The fourth-order valence-electron chi connectivity index (χ4n) is 4.53. The number of hydrogen-bond acceptors (Lipinski definition) is 8. The van der Waals surface area contributed by atoms with Gasteiger partial charge in [-0.15, -0.1) is 0 Å². The predicted octanol–water partition coefficient (Wildman–Crippen LogP) is 4.73. The first-order valence-corrected chi connectivity index (χ1v) is 11.8. The van der Waals surface area contributed by atoms with Gasteiger partial charge in [0, 0.05) is 10.6 Å². The van der Waals surface area contributed by atoms with Crippen LogP contribution in [0.5, 0.6) is 5.75 Å². The average Bonchev–Trinajstić information content (AvgIpc) is 3.29. The Hall–Kier alpha value is -3.88. The lowest BCUT2D eigenvalue weighted by Gasteiger charge is -2.35. The Kier molecular flexibility index (Phi) is 7.52. The van der Waals surface area contributed by atoms with E-state index in [9.17, 15) is 14.4 Å². The van der Waals surface area contributed by atoms with Crippen LogP contribution in [0.25, 0.3) is 0 Å². The van der Waals surface area contributed by atoms with Gasteiger partial charge in [-0.3, -0.25) is 9.63 Å². The summed E-state index contributed by atoms with van der Waals surface area (Å²) < 4.78 is 15.5. The number of halogens is 1. The molecule has 0 N–H and O–H groups in total. The number of ketones is 1. The molecule has 0 radical (unpaired) electrons. The van der Waals surface area contributed by atoms with Crippen LogP contribution in [0, 0.1) is 12.8 Å². The maximum Gasteiger partial charge on any atom is 0.346 e. The van der Waals surface area contributed by atoms with E-state index in [1.54, 1.807) is 48.5 Å². The lowest BCUT2D eigenvalue weighted by atomic mass is 9.74. The minimum Gasteiger partial charge on any atom is -0.497 e. The topological polar surface area (TPSA) is 91.4 Å². The molecule has 1 aliphatic rings. The van der Waals surface area contributed by atoms with Crippen molar-refractivity contribution in [2.24, 2.45) is 5.92 Å². The molecule has 4 rings (SSSR count). The van der Waals surface area contributed by atoms with Gasteiger partial charge >= 0.3 is 11.9 Å². The number of benzene rings is 3. The number of ether oxygens (including phenoxy) is 3. The van der Waals surface area contributed by atoms with E-state index in [0.717, 1.165) is 24.8 Å². The number of esters is 2. The highest BCUT2D eigenvalue weighted by Crippen LogP contribution is 2.50. The van der Waals surface area contributed by atoms with Gasteiger partial charge in [0.1, 0.15) is 17.8 Å². The van der Waals surface area contributed by atoms with E-state index in [2.05, 4.69) is 0 Å². The van der Waals surface area contributed by atoms with Crippen molar-refractivity contribution in [2.75, 3.05) is 26.4 Å². The highest BCUT2D eigenvalue weighted by atomic mass is 35.5. The summed E-state index contributed by atoms with van der Waals surface area (Å²) in [5.74, 6) is -3.35. The Labute approximate surface area is 219 Å². The number of carbonyl (C=O) groups excluding carboxylic acids is 3. The van der Waals surface area contributed by atoms with Gasteiger partial charge in [0.2, 0.25) is 0 Å². The van der Waals surface area contributed by atoms with Crippen molar-refractivity contribution in [3.63, 3.8) is 0 Å². The van der Waals surface area contributed by atoms with Gasteiger partial charge < -0.3 is 14.2 Å². The molecule has 3 aromatic rings. The maximum atomic E-state index is 14.2. The summed E-state index contributed by atoms with van der Waals surface area (Å²) in [6.07, 6.45) is -1.04. The highest BCUT2D eigenvalue weighted by molar-refractivity contribution is 6.30. The van der Waals surface area contributed by atoms with Crippen molar-refractivity contribution >= 4 is 35.0 Å². The molecule has 1 saturated heterocycles. The second-order valence-electron chi connectivity index (χ2n) is 8.53. The average molecular weight is 524 g/mol. The predicted molar refractivity (Wildman–Crippen MR) is 137 cm³/mol. The van der Waals surface area contributed by atoms with Gasteiger partial charge in [0.05, 0.1) is 27.0 Å². The van der Waals surface area contributed by atoms with Crippen LogP contribution in [-0.4, -0.2) is 44.6 Å². The van der Waals surface area contributed by atoms with Crippen LogP contribution in [0.15, 0.2) is 72.8 Å². The normalized spacial score (nSPS) is 18.2. The first-order valence-electron chi connectivity index (χ1n) is 11.4. The molecule has 1 fully saturated rings. The van der Waals surface area contributed by atoms with Gasteiger partial charge in [0.15, 0.2) is 5.78 Å². The molecule has 0 bridgehead atoms. The number of hydroxylamine groups is 1. The number of carbonyl (C=O) groups is 3. The summed E-state index contributed by atoms with van der Waals surface area (Å²) in [5.41, 5.74) is -0.165. The van der Waals surface area contributed by atoms with Gasteiger partial charge in [-0.1, -0.05) is 41.4 Å². The molecule has 8 nitrogen and oxygen atoms in total. The highest BCUT2D eigenvalue weighted by Gasteiger charge is 2.70. The van der Waals surface area contributed by atoms with Crippen molar-refractivity contribution in [2.45, 2.75) is 18.6 Å². The van der Waals surface area contributed by atoms with E-state index < -0.39 is 35.3 Å². The molecule has 2 unspecified atom stereocenters. The minimum absolute atomic E-state index is 0.240. The van der Waals surface area contributed by atoms with Crippen molar-refractivity contribution < 1.29 is 33.4 Å². The van der Waals surface area contributed by atoms with E-state index in [-0.39, 0.29) is 5.56 Å². The number of rotatable bonds is 7. The standard InChI is InChI=1S/C28H26ClNO7/c1-17-5-7-19(8-6-17)25-23(24(31)18-9-11-20(29)12-10-18)28(26(32)35-3,27(33)36-4)30(37-25)21-13-15-22(34-2)16-14-21/h5-16,23,25H,1-4H3. The number of hydrogen-bond donors (Lipinski definition) is 0. The largest absolute Gasteiger partial charge is 0.497 e. The second-order valence-corrected chi connectivity index (χ2v) is 8.96. The summed E-state index contributed by atoms with van der Waals surface area (Å²) >= 11 is 6.04. The summed E-state index contributed by atoms with van der Waals surface area (Å²) in [6, 6.07) is 20.0. The Morgan fingerprint density at radius 2 is 1.41 bits per heavy atom. The monoisotopic (exact) mass is 523 g/mol. The van der Waals surface area contributed by atoms with E-state index in [4.69, 9.17) is 30.6 Å². The summed E-state index contributed by atoms with van der Waals surface area (Å²) in [4.78, 5) is 47.8. The fourth-order valence-corrected chi connectivity index (χ4v) is 4.66. The molecule has 3 aromatic carbocycles. The van der Waals surface area contributed by atoms with E-state index in [0.29, 0.717) is 22.0 Å². The zero-order valence-corrected chi connectivity index (χ0v) is 21.5. The van der Waals surface area contributed by atoms with Crippen LogP contribution in [0.2, 0.25) is 5.02 Å². The van der Waals surface area contributed by atoms with Crippen LogP contribution in [0.1, 0.15) is 27.6 Å². The van der Waals surface area contributed by atoms with Crippen LogP contribution < -0.4 is 9.80 Å². The molecular formula is C28H26ClNO7. The van der Waals surface area contributed by atoms with Crippen LogP contribution in [0.3, 0.4) is 0 Å².